The number of esters is 1. The lowest BCUT2D eigenvalue weighted by Crippen LogP contribution is -2.44. The zero-order valence-electron chi connectivity index (χ0n) is 11.6. The van der Waals surface area contributed by atoms with Crippen LogP contribution in [0.3, 0.4) is 0 Å². The number of benzene rings is 1. The van der Waals surface area contributed by atoms with Gasteiger partial charge in [-0.15, -0.1) is 0 Å². The Bertz CT molecular complexity index is 461. The quantitative estimate of drug-likeness (QED) is 0.720. The minimum Gasteiger partial charge on any atom is -0.494 e. The van der Waals surface area contributed by atoms with Crippen LogP contribution in [0.4, 0.5) is 0 Å². The SMILES string of the molecule is CCCOc1cccc(C(=O)NC(CO)C(=O)OC)c1. The highest BCUT2D eigenvalue weighted by Gasteiger charge is 2.21. The molecule has 0 heterocycles. The van der Waals surface area contributed by atoms with Crippen molar-refractivity contribution in [2.75, 3.05) is 20.3 Å². The molecule has 20 heavy (non-hydrogen) atoms. The van der Waals surface area contributed by atoms with Crippen LogP contribution in [0.15, 0.2) is 24.3 Å². The molecule has 1 rings (SSSR count). The Hall–Kier alpha value is -2.08. The van der Waals surface area contributed by atoms with Gasteiger partial charge in [0.15, 0.2) is 6.04 Å². The third-order valence-corrected chi connectivity index (χ3v) is 2.54. The third-order valence-electron chi connectivity index (χ3n) is 2.54. The third kappa shape index (κ3) is 4.55. The lowest BCUT2D eigenvalue weighted by molar-refractivity contribution is -0.143. The van der Waals surface area contributed by atoms with Crippen LogP contribution in [0.1, 0.15) is 23.7 Å². The first-order valence-corrected chi connectivity index (χ1v) is 6.34. The molecule has 0 radical (unpaired) electrons. The van der Waals surface area contributed by atoms with Crippen molar-refractivity contribution >= 4 is 11.9 Å². The summed E-state index contributed by atoms with van der Waals surface area (Å²) < 4.78 is 9.90. The molecule has 0 saturated heterocycles. The Morgan fingerprint density at radius 1 is 1.40 bits per heavy atom. The van der Waals surface area contributed by atoms with E-state index >= 15 is 0 Å². The molecule has 1 amide bonds. The Morgan fingerprint density at radius 2 is 2.15 bits per heavy atom. The van der Waals surface area contributed by atoms with E-state index in [4.69, 9.17) is 9.84 Å². The molecule has 1 aromatic carbocycles. The number of aliphatic hydroxyl groups excluding tert-OH is 1. The van der Waals surface area contributed by atoms with Crippen molar-refractivity contribution in [1.82, 2.24) is 5.32 Å². The molecule has 110 valence electrons. The number of hydrogen-bond acceptors (Lipinski definition) is 5. The van der Waals surface area contributed by atoms with Crippen molar-refractivity contribution in [3.05, 3.63) is 29.8 Å². The highest BCUT2D eigenvalue weighted by atomic mass is 16.5. The van der Waals surface area contributed by atoms with E-state index in [0.29, 0.717) is 17.9 Å². The number of aliphatic hydroxyl groups is 1. The van der Waals surface area contributed by atoms with Crippen LogP contribution in [-0.4, -0.2) is 43.3 Å². The average Bonchev–Trinajstić information content (AvgIpc) is 2.49. The molecule has 0 aliphatic heterocycles. The Balaban J connectivity index is 2.73. The van der Waals surface area contributed by atoms with Gasteiger partial charge in [-0.1, -0.05) is 13.0 Å². The Morgan fingerprint density at radius 3 is 2.75 bits per heavy atom. The molecule has 2 N–H and O–H groups in total. The van der Waals surface area contributed by atoms with E-state index in [1.165, 1.54) is 7.11 Å². The first-order chi connectivity index (χ1) is 9.62. The lowest BCUT2D eigenvalue weighted by atomic mass is 10.2. The average molecular weight is 281 g/mol. The second kappa shape index (κ2) is 8.16. The number of carbonyl (C=O) groups is 2. The van der Waals surface area contributed by atoms with Gasteiger partial charge in [-0.2, -0.15) is 0 Å². The molecule has 0 saturated carbocycles. The zero-order chi connectivity index (χ0) is 15.0. The number of hydrogen-bond donors (Lipinski definition) is 2. The Labute approximate surface area is 117 Å². The van der Waals surface area contributed by atoms with Gasteiger partial charge < -0.3 is 19.9 Å². The maximum atomic E-state index is 12.0. The van der Waals surface area contributed by atoms with E-state index in [9.17, 15) is 9.59 Å². The maximum absolute atomic E-state index is 12.0. The molecule has 0 bridgehead atoms. The summed E-state index contributed by atoms with van der Waals surface area (Å²) in [5.41, 5.74) is 0.348. The number of amides is 1. The fourth-order valence-electron chi connectivity index (χ4n) is 1.51. The van der Waals surface area contributed by atoms with E-state index < -0.39 is 24.5 Å². The van der Waals surface area contributed by atoms with Crippen LogP contribution in [-0.2, 0) is 9.53 Å². The lowest BCUT2D eigenvalue weighted by Gasteiger charge is -2.14. The molecule has 0 aliphatic rings. The van der Waals surface area contributed by atoms with Crippen LogP contribution in [0, 0.1) is 0 Å². The van der Waals surface area contributed by atoms with Gasteiger partial charge >= 0.3 is 5.97 Å². The monoisotopic (exact) mass is 281 g/mol. The largest absolute Gasteiger partial charge is 0.494 e. The summed E-state index contributed by atoms with van der Waals surface area (Å²) in [7, 11) is 1.19. The highest BCUT2D eigenvalue weighted by molar-refractivity contribution is 5.97. The summed E-state index contributed by atoms with van der Waals surface area (Å²) in [5, 5.41) is 11.5. The zero-order valence-corrected chi connectivity index (χ0v) is 11.6. The van der Waals surface area contributed by atoms with Crippen LogP contribution in [0.2, 0.25) is 0 Å². The predicted molar refractivity (Wildman–Crippen MR) is 72.6 cm³/mol. The van der Waals surface area contributed by atoms with Gasteiger partial charge in [0, 0.05) is 5.56 Å². The van der Waals surface area contributed by atoms with E-state index in [0.717, 1.165) is 6.42 Å². The molecule has 0 aliphatic carbocycles. The fourth-order valence-corrected chi connectivity index (χ4v) is 1.51. The summed E-state index contributed by atoms with van der Waals surface area (Å²) in [6.07, 6.45) is 0.866. The predicted octanol–water partition coefficient (Wildman–Crippen LogP) is 0.739. The van der Waals surface area contributed by atoms with Gasteiger partial charge in [-0.25, -0.2) is 4.79 Å². The van der Waals surface area contributed by atoms with E-state index in [1.807, 2.05) is 6.92 Å². The summed E-state index contributed by atoms with van der Waals surface area (Å²) >= 11 is 0. The van der Waals surface area contributed by atoms with E-state index in [-0.39, 0.29) is 0 Å². The molecule has 6 heteroatoms. The van der Waals surface area contributed by atoms with Gasteiger partial charge in [-0.05, 0) is 24.6 Å². The summed E-state index contributed by atoms with van der Waals surface area (Å²) in [6.45, 7) is 2.02. The minimum atomic E-state index is -1.08. The standard InChI is InChI=1S/C14H19NO5/c1-3-7-20-11-6-4-5-10(8-11)13(17)15-12(9-16)14(18)19-2/h4-6,8,12,16H,3,7,9H2,1-2H3,(H,15,17). The van der Waals surface area contributed by atoms with Gasteiger partial charge in [0.25, 0.3) is 5.91 Å². The molecular formula is C14H19NO5. The van der Waals surface area contributed by atoms with Crippen molar-refractivity contribution in [2.45, 2.75) is 19.4 Å². The molecular weight excluding hydrogens is 262 g/mol. The molecule has 0 aromatic heterocycles. The molecule has 1 unspecified atom stereocenters. The van der Waals surface area contributed by atoms with E-state index in [1.54, 1.807) is 24.3 Å². The summed E-state index contributed by atoms with van der Waals surface area (Å²) in [6, 6.07) is 5.53. The van der Waals surface area contributed by atoms with Crippen molar-refractivity contribution in [2.24, 2.45) is 0 Å². The molecule has 1 aromatic rings. The summed E-state index contributed by atoms with van der Waals surface area (Å²) in [5.74, 6) is -0.589. The number of nitrogens with one attached hydrogen (secondary N) is 1. The molecule has 6 nitrogen and oxygen atoms in total. The summed E-state index contributed by atoms with van der Waals surface area (Å²) in [4.78, 5) is 23.3. The van der Waals surface area contributed by atoms with Gasteiger partial charge in [0.05, 0.1) is 20.3 Å². The number of methoxy groups -OCH3 is 1. The fraction of sp³-hybridized carbons (Fsp3) is 0.429. The maximum Gasteiger partial charge on any atom is 0.330 e. The normalized spacial score (nSPS) is 11.6. The number of rotatable bonds is 7. The van der Waals surface area contributed by atoms with Crippen LogP contribution >= 0.6 is 0 Å². The molecule has 0 spiro atoms. The minimum absolute atomic E-state index is 0.348. The topological polar surface area (TPSA) is 84.9 Å². The second-order valence-corrected chi connectivity index (χ2v) is 4.11. The van der Waals surface area contributed by atoms with Gasteiger partial charge in [0.1, 0.15) is 5.75 Å². The van der Waals surface area contributed by atoms with Gasteiger partial charge in [0.2, 0.25) is 0 Å². The van der Waals surface area contributed by atoms with Crippen molar-refractivity contribution in [3.8, 4) is 5.75 Å². The van der Waals surface area contributed by atoms with Crippen LogP contribution in [0.25, 0.3) is 0 Å². The Kier molecular flexibility index (Phi) is 6.52. The van der Waals surface area contributed by atoms with Crippen molar-refractivity contribution < 1.29 is 24.2 Å². The van der Waals surface area contributed by atoms with Crippen LogP contribution in [0.5, 0.6) is 5.75 Å². The van der Waals surface area contributed by atoms with Gasteiger partial charge in [-0.3, -0.25) is 4.79 Å². The number of ether oxygens (including phenoxy) is 2. The smallest absolute Gasteiger partial charge is 0.330 e. The first kappa shape index (κ1) is 16.0. The second-order valence-electron chi connectivity index (χ2n) is 4.11. The molecule has 0 fully saturated rings. The molecule has 1 atom stereocenters. The van der Waals surface area contributed by atoms with E-state index in [2.05, 4.69) is 10.1 Å². The van der Waals surface area contributed by atoms with Crippen molar-refractivity contribution in [3.63, 3.8) is 0 Å². The van der Waals surface area contributed by atoms with Crippen molar-refractivity contribution in [1.29, 1.82) is 0 Å². The number of carbonyl (C=O) groups excluding carboxylic acids is 2. The van der Waals surface area contributed by atoms with Crippen LogP contribution < -0.4 is 10.1 Å². The highest BCUT2D eigenvalue weighted by Crippen LogP contribution is 2.13. The first-order valence-electron chi connectivity index (χ1n) is 6.34.